The van der Waals surface area contributed by atoms with Crippen LogP contribution >= 0.6 is 0 Å². The van der Waals surface area contributed by atoms with Gasteiger partial charge in [0.2, 0.25) is 0 Å². The Labute approximate surface area is 180 Å². The number of aromatic amines is 1. The first kappa shape index (κ1) is 23.2. The standard InChI is InChI=1S/C21H20F4N4O3/c22-14-7-5-4-6-13(14)17-12-26-19(27-17)16(28-20(31)21(23,24)25)8-2-1-3-9-18(30)15-10-11-32-29-15/h4-7,10-12,16H,1-3,8-9H2,(H,26,27)(H,28,31)/t16-/m0/s1. The van der Waals surface area contributed by atoms with Crippen LogP contribution in [0.1, 0.15) is 54.5 Å². The Morgan fingerprint density at radius 3 is 2.59 bits per heavy atom. The van der Waals surface area contributed by atoms with Gasteiger partial charge in [0.1, 0.15) is 23.6 Å². The summed E-state index contributed by atoms with van der Waals surface area (Å²) in [5, 5.41) is 5.49. The van der Waals surface area contributed by atoms with Crippen molar-refractivity contribution in [2.45, 2.75) is 44.3 Å². The Morgan fingerprint density at radius 1 is 1.12 bits per heavy atom. The molecule has 0 aliphatic carbocycles. The molecule has 1 atom stereocenters. The van der Waals surface area contributed by atoms with E-state index < -0.39 is 23.9 Å². The number of nitrogens with zero attached hydrogens (tertiary/aromatic N) is 2. The number of hydrogen-bond acceptors (Lipinski definition) is 5. The number of nitrogens with one attached hydrogen (secondary N) is 2. The van der Waals surface area contributed by atoms with Crippen molar-refractivity contribution < 1.29 is 31.7 Å². The van der Waals surface area contributed by atoms with Crippen molar-refractivity contribution in [1.29, 1.82) is 0 Å². The van der Waals surface area contributed by atoms with Crippen molar-refractivity contribution >= 4 is 11.7 Å². The third kappa shape index (κ3) is 6.02. The maximum atomic E-state index is 14.0. The smallest absolute Gasteiger partial charge is 0.364 e. The molecule has 0 fully saturated rings. The molecule has 0 bridgehead atoms. The van der Waals surface area contributed by atoms with E-state index in [9.17, 15) is 27.2 Å². The van der Waals surface area contributed by atoms with Crippen LogP contribution in [0, 0.1) is 5.82 Å². The highest BCUT2D eigenvalue weighted by Crippen LogP contribution is 2.26. The second kappa shape index (κ2) is 10.2. The molecule has 3 aromatic rings. The van der Waals surface area contributed by atoms with Crippen LogP contribution in [0.3, 0.4) is 0 Å². The van der Waals surface area contributed by atoms with E-state index in [2.05, 4.69) is 19.6 Å². The van der Waals surface area contributed by atoms with Gasteiger partial charge < -0.3 is 14.8 Å². The Bertz CT molecular complexity index is 1050. The molecule has 0 aliphatic rings. The third-order valence-corrected chi connectivity index (χ3v) is 4.76. The van der Waals surface area contributed by atoms with E-state index in [0.29, 0.717) is 19.3 Å². The summed E-state index contributed by atoms with van der Waals surface area (Å²) in [5.74, 6) is -2.73. The first-order valence-corrected chi connectivity index (χ1v) is 9.87. The van der Waals surface area contributed by atoms with Crippen molar-refractivity contribution in [2.24, 2.45) is 0 Å². The normalized spacial score (nSPS) is 12.5. The molecule has 1 aromatic carbocycles. The Hall–Kier alpha value is -3.50. The van der Waals surface area contributed by atoms with Gasteiger partial charge in [-0.25, -0.2) is 9.37 Å². The molecule has 32 heavy (non-hydrogen) atoms. The van der Waals surface area contributed by atoms with Gasteiger partial charge in [-0.05, 0) is 25.0 Å². The van der Waals surface area contributed by atoms with Crippen LogP contribution in [0.15, 0.2) is 47.3 Å². The molecule has 0 spiro atoms. The van der Waals surface area contributed by atoms with Gasteiger partial charge in [-0.3, -0.25) is 9.59 Å². The second-order valence-electron chi connectivity index (χ2n) is 7.08. The Morgan fingerprint density at radius 2 is 1.91 bits per heavy atom. The number of imidazole rings is 1. The van der Waals surface area contributed by atoms with Crippen LogP contribution in [0.25, 0.3) is 11.3 Å². The van der Waals surface area contributed by atoms with Gasteiger partial charge in [0.05, 0.1) is 11.7 Å². The number of aromatic nitrogens is 3. The number of halogens is 4. The highest BCUT2D eigenvalue weighted by molar-refractivity contribution is 5.93. The van der Waals surface area contributed by atoms with E-state index in [1.807, 2.05) is 5.32 Å². The molecule has 0 aliphatic heterocycles. The quantitative estimate of drug-likeness (QED) is 0.263. The fourth-order valence-electron chi connectivity index (χ4n) is 3.13. The monoisotopic (exact) mass is 452 g/mol. The number of amides is 1. The van der Waals surface area contributed by atoms with Crippen LogP contribution in [0.2, 0.25) is 0 Å². The first-order valence-electron chi connectivity index (χ1n) is 9.87. The van der Waals surface area contributed by atoms with Crippen LogP contribution in [-0.4, -0.2) is 33.0 Å². The Balaban J connectivity index is 1.63. The van der Waals surface area contributed by atoms with Crippen molar-refractivity contribution in [3.05, 3.63) is 60.1 Å². The SMILES string of the molecule is O=C(CCCCC[C@H](NC(=O)C(F)(F)F)c1nc(-c2ccccc2F)c[nH]1)c1ccon1. The largest absolute Gasteiger partial charge is 0.471 e. The van der Waals surface area contributed by atoms with Crippen molar-refractivity contribution in [3.63, 3.8) is 0 Å². The van der Waals surface area contributed by atoms with Crippen LogP contribution in [0.4, 0.5) is 17.6 Å². The van der Waals surface area contributed by atoms with Crippen molar-refractivity contribution in [3.8, 4) is 11.3 Å². The highest BCUT2D eigenvalue weighted by Gasteiger charge is 2.40. The van der Waals surface area contributed by atoms with E-state index in [0.717, 1.165) is 0 Å². The summed E-state index contributed by atoms with van der Waals surface area (Å²) in [4.78, 5) is 30.3. The second-order valence-corrected chi connectivity index (χ2v) is 7.08. The van der Waals surface area contributed by atoms with E-state index >= 15 is 0 Å². The average molecular weight is 452 g/mol. The van der Waals surface area contributed by atoms with Crippen LogP contribution in [-0.2, 0) is 4.79 Å². The lowest BCUT2D eigenvalue weighted by Gasteiger charge is -2.17. The Kier molecular flexibility index (Phi) is 7.39. The summed E-state index contributed by atoms with van der Waals surface area (Å²) in [7, 11) is 0. The molecule has 0 saturated heterocycles. The summed E-state index contributed by atoms with van der Waals surface area (Å²) >= 11 is 0. The maximum absolute atomic E-state index is 14.0. The number of unbranched alkanes of at least 4 members (excludes halogenated alkanes) is 2. The number of rotatable bonds is 10. The maximum Gasteiger partial charge on any atom is 0.471 e. The average Bonchev–Trinajstić information content (AvgIpc) is 3.44. The number of benzene rings is 1. The zero-order chi connectivity index (χ0) is 23.1. The zero-order valence-corrected chi connectivity index (χ0v) is 16.8. The van der Waals surface area contributed by atoms with Crippen LogP contribution < -0.4 is 5.32 Å². The molecule has 2 heterocycles. The minimum Gasteiger partial charge on any atom is -0.364 e. The third-order valence-electron chi connectivity index (χ3n) is 4.76. The molecule has 2 aromatic heterocycles. The highest BCUT2D eigenvalue weighted by atomic mass is 19.4. The van der Waals surface area contributed by atoms with Crippen LogP contribution in [0.5, 0.6) is 0 Å². The van der Waals surface area contributed by atoms with Crippen molar-refractivity contribution in [1.82, 2.24) is 20.4 Å². The fourth-order valence-corrected chi connectivity index (χ4v) is 3.13. The van der Waals surface area contributed by atoms with Crippen molar-refractivity contribution in [2.75, 3.05) is 0 Å². The molecule has 11 heteroatoms. The van der Waals surface area contributed by atoms with Gasteiger partial charge in [0.15, 0.2) is 5.78 Å². The molecular formula is C21H20F4N4O3. The number of ketones is 1. The van der Waals surface area contributed by atoms with E-state index in [1.54, 1.807) is 6.07 Å². The van der Waals surface area contributed by atoms with Gasteiger partial charge in [-0.1, -0.05) is 30.1 Å². The molecule has 0 saturated carbocycles. The number of carbonyl (C=O) groups excluding carboxylic acids is 2. The number of Topliss-reactive ketones (excluding diaryl/α,β-unsaturated/α-hetero) is 1. The zero-order valence-electron chi connectivity index (χ0n) is 16.8. The summed E-state index contributed by atoms with van der Waals surface area (Å²) in [6.45, 7) is 0. The predicted molar refractivity (Wildman–Crippen MR) is 105 cm³/mol. The van der Waals surface area contributed by atoms with Gasteiger partial charge in [-0.2, -0.15) is 13.2 Å². The van der Waals surface area contributed by atoms with Gasteiger partial charge in [0.25, 0.3) is 0 Å². The number of hydrogen-bond donors (Lipinski definition) is 2. The summed E-state index contributed by atoms with van der Waals surface area (Å²) in [5.41, 5.74) is 0.612. The first-order chi connectivity index (χ1) is 15.3. The summed E-state index contributed by atoms with van der Waals surface area (Å²) < 4.78 is 56.9. The topological polar surface area (TPSA) is 101 Å². The molecule has 3 rings (SSSR count). The molecular weight excluding hydrogens is 432 g/mol. The minimum atomic E-state index is -5.05. The van der Waals surface area contributed by atoms with E-state index in [-0.39, 0.29) is 41.4 Å². The lowest BCUT2D eigenvalue weighted by atomic mass is 10.0. The number of carbonyl (C=O) groups is 2. The molecule has 1 amide bonds. The lowest BCUT2D eigenvalue weighted by molar-refractivity contribution is -0.174. The molecule has 0 radical (unpaired) electrons. The number of alkyl halides is 3. The van der Waals surface area contributed by atoms with Gasteiger partial charge in [0, 0.05) is 24.2 Å². The minimum absolute atomic E-state index is 0.0829. The predicted octanol–water partition coefficient (Wildman–Crippen LogP) is 4.76. The van der Waals surface area contributed by atoms with Gasteiger partial charge >= 0.3 is 12.1 Å². The number of H-pyrrole nitrogens is 1. The summed E-state index contributed by atoms with van der Waals surface area (Å²) in [6.07, 6.45) is -0.591. The molecule has 0 unspecified atom stereocenters. The van der Waals surface area contributed by atoms with E-state index in [4.69, 9.17) is 0 Å². The summed E-state index contributed by atoms with van der Waals surface area (Å²) in [6, 6.07) is 6.24. The molecule has 2 N–H and O–H groups in total. The van der Waals surface area contributed by atoms with Gasteiger partial charge in [-0.15, -0.1) is 0 Å². The molecule has 7 nitrogen and oxygen atoms in total. The molecule has 170 valence electrons. The van der Waals surface area contributed by atoms with E-state index in [1.165, 1.54) is 36.7 Å². The lowest BCUT2D eigenvalue weighted by Crippen LogP contribution is -2.39. The fraction of sp³-hybridized carbons (Fsp3) is 0.333.